The molecule has 0 aliphatic carbocycles. The smallest absolute Gasteiger partial charge is 0.251 e. The van der Waals surface area contributed by atoms with E-state index in [9.17, 15) is 4.79 Å². The van der Waals surface area contributed by atoms with Crippen molar-refractivity contribution in [3.8, 4) is 0 Å². The quantitative estimate of drug-likeness (QED) is 0.824. The molecule has 1 atom stereocenters. The minimum absolute atomic E-state index is 0.0742. The molecule has 1 amide bonds. The second kappa shape index (κ2) is 5.17. The van der Waals surface area contributed by atoms with Crippen molar-refractivity contribution in [2.45, 2.75) is 18.9 Å². The van der Waals surface area contributed by atoms with Gasteiger partial charge in [-0.2, -0.15) is 0 Å². The number of benzene rings is 1. The SMILES string of the molecule is O=C(N[C@H]1CN2CCC1CC2)c1ccc(I)cc1. The lowest BCUT2D eigenvalue weighted by Gasteiger charge is -2.44. The maximum absolute atomic E-state index is 12.2. The van der Waals surface area contributed by atoms with Gasteiger partial charge in [-0.25, -0.2) is 0 Å². The van der Waals surface area contributed by atoms with Crippen LogP contribution in [0.15, 0.2) is 24.3 Å². The Morgan fingerprint density at radius 1 is 1.22 bits per heavy atom. The summed E-state index contributed by atoms with van der Waals surface area (Å²) >= 11 is 2.25. The maximum atomic E-state index is 12.2. The monoisotopic (exact) mass is 356 g/mol. The van der Waals surface area contributed by atoms with Crippen molar-refractivity contribution in [3.05, 3.63) is 33.4 Å². The van der Waals surface area contributed by atoms with E-state index in [-0.39, 0.29) is 5.91 Å². The molecule has 96 valence electrons. The molecule has 0 spiro atoms. The third kappa shape index (κ3) is 2.54. The van der Waals surface area contributed by atoms with Crippen molar-refractivity contribution >= 4 is 28.5 Å². The molecule has 1 aromatic rings. The molecule has 0 saturated carbocycles. The number of nitrogens with one attached hydrogen (secondary N) is 1. The van der Waals surface area contributed by atoms with Crippen LogP contribution in [0.5, 0.6) is 0 Å². The van der Waals surface area contributed by atoms with E-state index in [1.807, 2.05) is 24.3 Å². The summed E-state index contributed by atoms with van der Waals surface area (Å²) in [4.78, 5) is 14.6. The number of nitrogens with zero attached hydrogens (tertiary/aromatic N) is 1. The van der Waals surface area contributed by atoms with Gasteiger partial charge in [-0.05, 0) is 78.7 Å². The number of hydrogen-bond acceptors (Lipinski definition) is 2. The second-order valence-corrected chi connectivity index (χ2v) is 6.47. The van der Waals surface area contributed by atoms with Crippen LogP contribution in [0.25, 0.3) is 0 Å². The molecule has 4 heteroatoms. The van der Waals surface area contributed by atoms with Gasteiger partial charge in [0.15, 0.2) is 0 Å². The van der Waals surface area contributed by atoms with Crippen molar-refractivity contribution < 1.29 is 4.79 Å². The minimum Gasteiger partial charge on any atom is -0.348 e. The van der Waals surface area contributed by atoms with Gasteiger partial charge in [0.25, 0.3) is 5.91 Å². The van der Waals surface area contributed by atoms with Gasteiger partial charge in [-0.1, -0.05) is 0 Å². The number of rotatable bonds is 2. The van der Waals surface area contributed by atoms with Crippen molar-refractivity contribution in [3.63, 3.8) is 0 Å². The van der Waals surface area contributed by atoms with E-state index < -0.39 is 0 Å². The van der Waals surface area contributed by atoms with Gasteiger partial charge < -0.3 is 10.2 Å². The average molecular weight is 356 g/mol. The number of halogens is 1. The van der Waals surface area contributed by atoms with E-state index in [0.717, 1.165) is 15.7 Å². The fourth-order valence-electron chi connectivity index (χ4n) is 2.98. The van der Waals surface area contributed by atoms with Gasteiger partial charge in [0.05, 0.1) is 0 Å². The molecular formula is C14H17IN2O. The number of amides is 1. The molecule has 3 aliphatic rings. The lowest BCUT2D eigenvalue weighted by Crippen LogP contribution is -2.57. The minimum atomic E-state index is 0.0742. The summed E-state index contributed by atoms with van der Waals surface area (Å²) in [5, 5.41) is 3.20. The van der Waals surface area contributed by atoms with E-state index in [0.29, 0.717) is 12.0 Å². The lowest BCUT2D eigenvalue weighted by molar-refractivity contribution is 0.0620. The van der Waals surface area contributed by atoms with Gasteiger partial charge in [0.1, 0.15) is 0 Å². The van der Waals surface area contributed by atoms with Crippen LogP contribution >= 0.6 is 22.6 Å². The molecule has 3 saturated heterocycles. The molecule has 2 bridgehead atoms. The van der Waals surface area contributed by atoms with Crippen LogP contribution in [0.2, 0.25) is 0 Å². The third-order valence-corrected chi connectivity index (χ3v) is 4.80. The molecular weight excluding hydrogens is 339 g/mol. The molecule has 4 rings (SSSR count). The van der Waals surface area contributed by atoms with Crippen molar-refractivity contribution in [1.82, 2.24) is 10.2 Å². The Hall–Kier alpha value is -0.620. The predicted molar refractivity (Wildman–Crippen MR) is 79.6 cm³/mol. The summed E-state index contributed by atoms with van der Waals surface area (Å²) in [6.45, 7) is 3.45. The first kappa shape index (κ1) is 12.4. The Kier molecular flexibility index (Phi) is 3.56. The fourth-order valence-corrected chi connectivity index (χ4v) is 3.34. The van der Waals surface area contributed by atoms with Gasteiger partial charge in [-0.15, -0.1) is 0 Å². The average Bonchev–Trinajstić information content (AvgIpc) is 2.41. The third-order valence-electron chi connectivity index (χ3n) is 4.08. The van der Waals surface area contributed by atoms with Crippen LogP contribution in [0.4, 0.5) is 0 Å². The van der Waals surface area contributed by atoms with Gasteiger partial charge in [-0.3, -0.25) is 4.79 Å². The number of carbonyl (C=O) groups excluding carboxylic acids is 1. The Bertz CT molecular complexity index is 438. The highest BCUT2D eigenvalue weighted by Crippen LogP contribution is 2.27. The first-order valence-electron chi connectivity index (χ1n) is 6.51. The summed E-state index contributed by atoms with van der Waals surface area (Å²) < 4.78 is 1.16. The lowest BCUT2D eigenvalue weighted by atomic mass is 9.84. The first-order chi connectivity index (χ1) is 8.72. The summed E-state index contributed by atoms with van der Waals surface area (Å²) in [5.74, 6) is 0.757. The van der Waals surface area contributed by atoms with Crippen LogP contribution in [-0.4, -0.2) is 36.5 Å². The van der Waals surface area contributed by atoms with E-state index in [2.05, 4.69) is 32.8 Å². The zero-order valence-electron chi connectivity index (χ0n) is 10.2. The van der Waals surface area contributed by atoms with Gasteiger partial charge in [0.2, 0.25) is 0 Å². The van der Waals surface area contributed by atoms with E-state index in [4.69, 9.17) is 0 Å². The Balaban J connectivity index is 1.66. The standard InChI is InChI=1S/C14H17IN2O/c15-12-3-1-11(2-4-12)14(18)16-13-9-17-7-5-10(13)6-8-17/h1-4,10,13H,5-9H2,(H,16,18)/t13-/m0/s1. The number of hydrogen-bond donors (Lipinski definition) is 1. The largest absolute Gasteiger partial charge is 0.348 e. The van der Waals surface area contributed by atoms with Crippen molar-refractivity contribution in [2.24, 2.45) is 5.92 Å². The second-order valence-electron chi connectivity index (χ2n) is 5.22. The topological polar surface area (TPSA) is 32.3 Å². The predicted octanol–water partition coefficient (Wildman–Crippen LogP) is 2.12. The molecule has 0 aromatic heterocycles. The van der Waals surface area contributed by atoms with Crippen LogP contribution in [0.1, 0.15) is 23.2 Å². The van der Waals surface area contributed by atoms with Crippen molar-refractivity contribution in [1.29, 1.82) is 0 Å². The summed E-state index contributed by atoms with van der Waals surface area (Å²) in [6.07, 6.45) is 2.47. The van der Waals surface area contributed by atoms with Crippen LogP contribution in [0.3, 0.4) is 0 Å². The zero-order chi connectivity index (χ0) is 12.5. The zero-order valence-corrected chi connectivity index (χ0v) is 12.4. The van der Waals surface area contributed by atoms with Crippen LogP contribution in [0, 0.1) is 9.49 Å². The highest BCUT2D eigenvalue weighted by atomic mass is 127. The molecule has 3 heterocycles. The van der Waals surface area contributed by atoms with Crippen molar-refractivity contribution in [2.75, 3.05) is 19.6 Å². The Morgan fingerprint density at radius 3 is 2.44 bits per heavy atom. The molecule has 3 fully saturated rings. The molecule has 0 radical (unpaired) electrons. The summed E-state index contributed by atoms with van der Waals surface area (Å²) in [7, 11) is 0. The van der Waals surface area contributed by atoms with Gasteiger partial charge >= 0.3 is 0 Å². The normalized spacial score (nSPS) is 30.2. The van der Waals surface area contributed by atoms with E-state index >= 15 is 0 Å². The summed E-state index contributed by atoms with van der Waals surface area (Å²) in [5.41, 5.74) is 0.770. The molecule has 1 N–H and O–H groups in total. The van der Waals surface area contributed by atoms with E-state index in [1.54, 1.807) is 0 Å². The number of fused-ring (bicyclic) bond motifs is 3. The molecule has 18 heavy (non-hydrogen) atoms. The highest BCUT2D eigenvalue weighted by molar-refractivity contribution is 14.1. The number of carbonyl (C=O) groups is 1. The van der Waals surface area contributed by atoms with E-state index in [1.165, 1.54) is 25.9 Å². The molecule has 3 aliphatic heterocycles. The Labute approximate surface area is 121 Å². The highest BCUT2D eigenvalue weighted by Gasteiger charge is 2.34. The van der Waals surface area contributed by atoms with Crippen LogP contribution in [-0.2, 0) is 0 Å². The molecule has 0 unspecified atom stereocenters. The fraction of sp³-hybridized carbons (Fsp3) is 0.500. The molecule has 1 aromatic carbocycles. The molecule has 3 nitrogen and oxygen atoms in total. The Morgan fingerprint density at radius 2 is 1.89 bits per heavy atom. The van der Waals surface area contributed by atoms with Gasteiger partial charge in [0, 0.05) is 21.7 Å². The summed E-state index contributed by atoms with van der Waals surface area (Å²) in [6, 6.07) is 8.11. The van der Waals surface area contributed by atoms with Crippen LogP contribution < -0.4 is 5.32 Å². The maximum Gasteiger partial charge on any atom is 0.251 e. The number of piperidine rings is 3. The first-order valence-corrected chi connectivity index (χ1v) is 7.59.